The highest BCUT2D eigenvalue weighted by Crippen LogP contribution is 2.67. The number of halogens is 1. The maximum Gasteiger partial charge on any atom is 0.316 e. The molecule has 0 N–H and O–H groups in total. The largest absolute Gasteiger partial charge is 1.00 e. The van der Waals surface area contributed by atoms with Gasteiger partial charge in [0, 0.05) is 13.0 Å². The lowest BCUT2D eigenvalue weighted by Crippen LogP contribution is -3.00. The van der Waals surface area contributed by atoms with Crippen molar-refractivity contribution in [3.05, 3.63) is 11.6 Å². The van der Waals surface area contributed by atoms with Crippen molar-refractivity contribution in [3.8, 4) is 0 Å². The predicted molar refractivity (Wildman–Crippen MR) is 168 cm³/mol. The fourth-order valence-electron chi connectivity index (χ4n) is 10.3. The van der Waals surface area contributed by atoms with E-state index in [1.807, 2.05) is 0 Å². The highest BCUT2D eigenvalue weighted by atomic mass is 127. The number of fused-ring (bicyclic) bond motifs is 5. The molecule has 4 aliphatic carbocycles. The van der Waals surface area contributed by atoms with Gasteiger partial charge in [0.1, 0.15) is 12.0 Å². The third-order valence-electron chi connectivity index (χ3n) is 12.2. The average molecular weight is 685 g/mol. The summed E-state index contributed by atoms with van der Waals surface area (Å²) in [5.41, 5.74) is 2.47. The van der Waals surface area contributed by atoms with Crippen molar-refractivity contribution in [1.82, 2.24) is 4.90 Å². The van der Waals surface area contributed by atoms with Crippen LogP contribution in [0.15, 0.2) is 11.6 Å². The summed E-state index contributed by atoms with van der Waals surface area (Å²) >= 11 is 0. The smallest absolute Gasteiger partial charge is 0.316 e. The second-order valence-electron chi connectivity index (χ2n) is 17.0. The number of esters is 1. The Kier molecular flexibility index (Phi) is 12.0. The molecular formula is C36H65IN2O2. The lowest BCUT2D eigenvalue weighted by atomic mass is 9.47. The van der Waals surface area contributed by atoms with Gasteiger partial charge >= 0.3 is 5.97 Å². The van der Waals surface area contributed by atoms with Crippen molar-refractivity contribution < 1.29 is 38.0 Å². The Labute approximate surface area is 271 Å². The molecule has 4 aliphatic rings. The average Bonchev–Trinajstić information content (AvgIpc) is 3.19. The van der Waals surface area contributed by atoms with Gasteiger partial charge in [-0.2, -0.15) is 0 Å². The molecule has 4 nitrogen and oxygen atoms in total. The third-order valence-corrected chi connectivity index (χ3v) is 12.2. The number of hydrogen-bond acceptors (Lipinski definition) is 3. The Hall–Kier alpha value is -0.140. The fraction of sp³-hybridized carbons (Fsp3) is 0.917. The first-order chi connectivity index (χ1) is 18.6. The summed E-state index contributed by atoms with van der Waals surface area (Å²) in [6.07, 6.45) is 17.1. The highest BCUT2D eigenvalue weighted by Gasteiger charge is 2.59. The van der Waals surface area contributed by atoms with E-state index in [4.69, 9.17) is 4.74 Å². The number of hydrogen-bond donors (Lipinski definition) is 0. The standard InChI is InChI=1S/C36H65N2O2.HI/c1-25(2)12-11-13-26(3)31-16-17-32-30-15-14-28-22-29(18-20-35(28,4)33(30)19-21-36(31,32)5)40-34(39)27(23-37(6)7)24-38(8,9)10;/h14,25-27,29-33H,11-13,15-24H2,1-10H3;1H/q+1;/p-1/t26-,27?,29+,30+,31-,32+,33+,35+,36-;/m1./s1. The summed E-state index contributed by atoms with van der Waals surface area (Å²) in [5, 5.41) is 0. The predicted octanol–water partition coefficient (Wildman–Crippen LogP) is 4.83. The van der Waals surface area contributed by atoms with Gasteiger partial charge in [-0.05, 0) is 105 Å². The summed E-state index contributed by atoms with van der Waals surface area (Å²) < 4.78 is 7.07. The molecule has 41 heavy (non-hydrogen) atoms. The third kappa shape index (κ3) is 7.93. The summed E-state index contributed by atoms with van der Waals surface area (Å²) in [6.45, 7) is 14.2. The lowest BCUT2D eigenvalue weighted by Gasteiger charge is -2.58. The first kappa shape index (κ1) is 35.3. The Balaban J connectivity index is 0.00000462. The molecule has 0 aromatic heterocycles. The molecule has 0 aliphatic heterocycles. The molecule has 3 saturated carbocycles. The van der Waals surface area contributed by atoms with Crippen LogP contribution in [0.2, 0.25) is 0 Å². The van der Waals surface area contributed by atoms with Gasteiger partial charge in [-0.15, -0.1) is 0 Å². The van der Waals surface area contributed by atoms with Crippen molar-refractivity contribution in [2.45, 2.75) is 111 Å². The SMILES string of the molecule is CC(C)CCC[C@@H](C)[C@H]1CC[C@H]2[C@@H]3CC=C4C[C@@H](OC(=O)C(CN(C)C)C[N+](C)(C)C)CC[C@]4(C)[C@H]3CC[C@]12C.[I-]. The Morgan fingerprint density at radius 2 is 1.73 bits per heavy atom. The van der Waals surface area contributed by atoms with Crippen molar-refractivity contribution in [3.63, 3.8) is 0 Å². The van der Waals surface area contributed by atoms with Crippen LogP contribution in [0.25, 0.3) is 0 Å². The first-order valence-corrected chi connectivity index (χ1v) is 17.0. The molecule has 4 rings (SSSR count). The first-order valence-electron chi connectivity index (χ1n) is 17.0. The van der Waals surface area contributed by atoms with Crippen LogP contribution in [0.4, 0.5) is 0 Å². The van der Waals surface area contributed by atoms with Gasteiger partial charge in [0.25, 0.3) is 0 Å². The number of quaternary nitrogens is 1. The van der Waals surface area contributed by atoms with Crippen LogP contribution in [0.3, 0.4) is 0 Å². The van der Waals surface area contributed by atoms with Gasteiger partial charge in [0.15, 0.2) is 0 Å². The zero-order valence-corrected chi connectivity index (χ0v) is 30.6. The summed E-state index contributed by atoms with van der Waals surface area (Å²) in [5.74, 6) is 5.13. The van der Waals surface area contributed by atoms with Crippen LogP contribution in [0.5, 0.6) is 0 Å². The maximum absolute atomic E-state index is 13.4. The molecule has 0 amide bonds. The zero-order chi connectivity index (χ0) is 29.5. The Bertz CT molecular complexity index is 910. The second-order valence-corrected chi connectivity index (χ2v) is 17.0. The van der Waals surface area contributed by atoms with E-state index in [1.54, 1.807) is 5.57 Å². The molecule has 9 atom stereocenters. The van der Waals surface area contributed by atoms with E-state index in [2.05, 4.69) is 80.8 Å². The molecule has 3 fully saturated rings. The lowest BCUT2D eigenvalue weighted by molar-refractivity contribution is -0.872. The van der Waals surface area contributed by atoms with E-state index in [0.29, 0.717) is 10.8 Å². The number of nitrogens with zero attached hydrogens (tertiary/aromatic N) is 2. The van der Waals surface area contributed by atoms with Gasteiger partial charge in [0.05, 0.1) is 27.7 Å². The number of carbonyl (C=O) groups is 1. The Morgan fingerprint density at radius 1 is 1.02 bits per heavy atom. The topological polar surface area (TPSA) is 29.5 Å². The molecule has 0 spiro atoms. The van der Waals surface area contributed by atoms with Crippen LogP contribution >= 0.6 is 0 Å². The molecule has 0 aromatic carbocycles. The van der Waals surface area contributed by atoms with Gasteiger partial charge in [-0.25, -0.2) is 0 Å². The minimum absolute atomic E-state index is 0. The minimum atomic E-state index is -0.0767. The number of rotatable bonds is 11. The molecule has 0 bridgehead atoms. The monoisotopic (exact) mass is 684 g/mol. The van der Waals surface area contributed by atoms with Gasteiger partial charge < -0.3 is 38.1 Å². The zero-order valence-electron chi connectivity index (χ0n) is 28.5. The van der Waals surface area contributed by atoms with Gasteiger partial charge in [0.2, 0.25) is 0 Å². The van der Waals surface area contributed by atoms with E-state index < -0.39 is 0 Å². The van der Waals surface area contributed by atoms with E-state index in [1.165, 1.54) is 57.8 Å². The van der Waals surface area contributed by atoms with Crippen molar-refractivity contribution in [2.75, 3.05) is 48.3 Å². The van der Waals surface area contributed by atoms with Gasteiger partial charge in [-0.3, -0.25) is 4.79 Å². The van der Waals surface area contributed by atoms with E-state index in [0.717, 1.165) is 65.9 Å². The van der Waals surface area contributed by atoms with Crippen LogP contribution in [0, 0.1) is 52.3 Å². The quantitative estimate of drug-likeness (QED) is 0.135. The van der Waals surface area contributed by atoms with Crippen molar-refractivity contribution >= 4 is 5.97 Å². The number of ether oxygens (including phenoxy) is 1. The summed E-state index contributed by atoms with van der Waals surface area (Å²) in [7, 11) is 10.6. The molecule has 0 saturated heterocycles. The van der Waals surface area contributed by atoms with E-state index in [-0.39, 0.29) is 42.0 Å². The summed E-state index contributed by atoms with van der Waals surface area (Å²) in [6, 6.07) is 0. The van der Waals surface area contributed by atoms with Crippen LogP contribution in [0.1, 0.15) is 105 Å². The Morgan fingerprint density at radius 3 is 2.37 bits per heavy atom. The van der Waals surface area contributed by atoms with Gasteiger partial charge in [-0.1, -0.05) is 65.5 Å². The molecular weight excluding hydrogens is 619 g/mol. The van der Waals surface area contributed by atoms with Crippen molar-refractivity contribution in [2.24, 2.45) is 52.3 Å². The molecule has 0 aromatic rings. The molecule has 1 unspecified atom stereocenters. The number of carbonyl (C=O) groups excluding carboxylic acids is 1. The van der Waals surface area contributed by atoms with E-state index >= 15 is 0 Å². The second kappa shape index (κ2) is 13.9. The number of allylic oxidation sites excluding steroid dienone is 1. The summed E-state index contributed by atoms with van der Waals surface area (Å²) in [4.78, 5) is 15.5. The molecule has 0 heterocycles. The maximum atomic E-state index is 13.4. The fourth-order valence-corrected chi connectivity index (χ4v) is 10.3. The van der Waals surface area contributed by atoms with Crippen molar-refractivity contribution in [1.29, 1.82) is 0 Å². The molecule has 0 radical (unpaired) electrons. The van der Waals surface area contributed by atoms with Crippen LogP contribution in [-0.2, 0) is 9.53 Å². The minimum Gasteiger partial charge on any atom is -1.00 e. The van der Waals surface area contributed by atoms with Crippen LogP contribution < -0.4 is 24.0 Å². The highest BCUT2D eigenvalue weighted by molar-refractivity contribution is 5.73. The molecule has 238 valence electrons. The van der Waals surface area contributed by atoms with Crippen LogP contribution in [-0.4, -0.2) is 69.8 Å². The van der Waals surface area contributed by atoms with E-state index in [9.17, 15) is 4.79 Å². The molecule has 5 heteroatoms. The normalized spacial score (nSPS) is 36.5.